The van der Waals surface area contributed by atoms with Crippen LogP contribution >= 0.6 is 11.3 Å². The summed E-state index contributed by atoms with van der Waals surface area (Å²) in [5.74, 6) is 0. The van der Waals surface area contributed by atoms with Crippen molar-refractivity contribution in [1.29, 1.82) is 0 Å². The molecule has 2 heterocycles. The van der Waals surface area contributed by atoms with Crippen LogP contribution in [0, 0.1) is 13.8 Å². The number of nitrogens with zero attached hydrogens (tertiary/aromatic N) is 3. The van der Waals surface area contributed by atoms with E-state index in [1.165, 1.54) is 7.05 Å². The third-order valence-corrected chi connectivity index (χ3v) is 4.61. The summed E-state index contributed by atoms with van der Waals surface area (Å²) in [5, 5.41) is 1.53. The summed E-state index contributed by atoms with van der Waals surface area (Å²) in [5.41, 5.74) is 1.03. The number of aryl methyl sites for hydroxylation is 2. The second-order valence-electron chi connectivity index (χ2n) is 4.99. The fraction of sp³-hybridized carbons (Fsp3) is 0.353. The lowest BCUT2D eigenvalue weighted by Crippen LogP contribution is -2.38. The number of thiazole rings is 1. The summed E-state index contributed by atoms with van der Waals surface area (Å²) in [7, 11) is 1.51. The third-order valence-electron chi connectivity index (χ3n) is 3.55. The topological polar surface area (TPSA) is 56.9 Å². The van der Waals surface area contributed by atoms with Crippen LogP contribution in [0.3, 0.4) is 0 Å². The zero-order valence-corrected chi connectivity index (χ0v) is 14.9. The third kappa shape index (κ3) is 3.12. The molecule has 23 heavy (non-hydrogen) atoms. The smallest absolute Gasteiger partial charge is 0.288 e. The first-order valence-corrected chi connectivity index (χ1v) is 8.42. The predicted molar refractivity (Wildman–Crippen MR) is 95.5 cm³/mol. The highest BCUT2D eigenvalue weighted by Gasteiger charge is 2.13. The molecule has 2 aromatic heterocycles. The number of benzene rings is 1. The van der Waals surface area contributed by atoms with Crippen molar-refractivity contribution in [3.63, 3.8) is 0 Å². The molecule has 0 radical (unpaired) electrons. The van der Waals surface area contributed by atoms with Gasteiger partial charge in [0.1, 0.15) is 0 Å². The molecule has 0 amide bonds. The van der Waals surface area contributed by atoms with Crippen molar-refractivity contribution in [1.82, 2.24) is 14.1 Å². The van der Waals surface area contributed by atoms with Crippen LogP contribution in [-0.4, -0.2) is 14.1 Å². The van der Waals surface area contributed by atoms with E-state index in [0.717, 1.165) is 20.1 Å². The minimum absolute atomic E-state index is 0.260. The van der Waals surface area contributed by atoms with E-state index in [1.54, 1.807) is 34.1 Å². The van der Waals surface area contributed by atoms with Gasteiger partial charge in [-0.2, -0.15) is 0 Å². The van der Waals surface area contributed by atoms with E-state index >= 15 is 0 Å². The number of fused-ring (bicyclic) bond motifs is 1. The average Bonchev–Trinajstić information content (AvgIpc) is 2.89. The SMILES string of the molecule is CC.Cc1nc(C)c(Cn2c(=O)n(C)c(=O)c3ccccc32)s1. The van der Waals surface area contributed by atoms with Crippen molar-refractivity contribution in [2.24, 2.45) is 7.05 Å². The first-order chi connectivity index (χ1) is 11.0. The molecule has 0 aliphatic heterocycles. The molecule has 1 aromatic carbocycles. The largest absolute Gasteiger partial charge is 0.331 e. The summed E-state index contributed by atoms with van der Waals surface area (Å²) in [4.78, 5) is 30.0. The molecule has 5 nitrogen and oxygen atoms in total. The highest BCUT2D eigenvalue weighted by Crippen LogP contribution is 2.19. The van der Waals surface area contributed by atoms with Crippen molar-refractivity contribution in [3.05, 3.63) is 60.7 Å². The molecule has 0 aliphatic rings. The highest BCUT2D eigenvalue weighted by atomic mass is 32.1. The van der Waals surface area contributed by atoms with Crippen LogP contribution in [-0.2, 0) is 13.6 Å². The molecule has 0 spiro atoms. The van der Waals surface area contributed by atoms with Gasteiger partial charge in [-0.05, 0) is 26.0 Å². The second-order valence-corrected chi connectivity index (χ2v) is 6.28. The van der Waals surface area contributed by atoms with Crippen molar-refractivity contribution >= 4 is 22.2 Å². The van der Waals surface area contributed by atoms with Gasteiger partial charge in [0.05, 0.1) is 28.1 Å². The summed E-state index contributed by atoms with van der Waals surface area (Å²) in [6, 6.07) is 7.20. The van der Waals surface area contributed by atoms with Gasteiger partial charge >= 0.3 is 5.69 Å². The van der Waals surface area contributed by atoms with E-state index < -0.39 is 0 Å². The lowest BCUT2D eigenvalue weighted by atomic mass is 10.2. The van der Waals surface area contributed by atoms with E-state index in [-0.39, 0.29) is 11.2 Å². The molecule has 6 heteroatoms. The average molecular weight is 331 g/mol. The molecule has 0 aliphatic carbocycles. The molecule has 3 aromatic rings. The monoisotopic (exact) mass is 331 g/mol. The van der Waals surface area contributed by atoms with Gasteiger partial charge in [0.15, 0.2) is 0 Å². The maximum Gasteiger partial charge on any atom is 0.331 e. The molecule has 0 bridgehead atoms. The van der Waals surface area contributed by atoms with Crippen LogP contribution in [0.5, 0.6) is 0 Å². The van der Waals surface area contributed by atoms with Gasteiger partial charge in [-0.1, -0.05) is 26.0 Å². The minimum Gasteiger partial charge on any atom is -0.288 e. The zero-order valence-electron chi connectivity index (χ0n) is 14.1. The lowest BCUT2D eigenvalue weighted by Gasteiger charge is -2.11. The normalized spacial score (nSPS) is 10.5. The standard InChI is InChI=1S/C15H15N3O2S.C2H6/c1-9-13(21-10(2)16-9)8-18-12-7-5-4-6-11(12)14(19)17(3)15(18)20;1-2/h4-7H,8H2,1-3H3;1-2H3. The van der Waals surface area contributed by atoms with Crippen molar-refractivity contribution < 1.29 is 0 Å². The number of hydrogen-bond donors (Lipinski definition) is 0. The Morgan fingerprint density at radius 1 is 1.13 bits per heavy atom. The van der Waals surface area contributed by atoms with Gasteiger partial charge in [0.25, 0.3) is 5.56 Å². The zero-order chi connectivity index (χ0) is 17.1. The molecule has 0 N–H and O–H groups in total. The summed E-state index contributed by atoms with van der Waals surface area (Å²) in [6.07, 6.45) is 0. The second kappa shape index (κ2) is 6.91. The fourth-order valence-corrected chi connectivity index (χ4v) is 3.38. The Balaban J connectivity index is 0.000000924. The molecule has 0 atom stereocenters. The van der Waals surface area contributed by atoms with E-state index in [9.17, 15) is 9.59 Å². The van der Waals surface area contributed by atoms with E-state index in [0.29, 0.717) is 17.4 Å². The first-order valence-electron chi connectivity index (χ1n) is 7.60. The molecule has 0 unspecified atom stereocenters. The summed E-state index contributed by atoms with van der Waals surface area (Å²) in [6.45, 7) is 8.32. The van der Waals surface area contributed by atoms with Crippen LogP contribution in [0.15, 0.2) is 33.9 Å². The molecular formula is C17H21N3O2S. The first kappa shape index (κ1) is 17.1. The number of aromatic nitrogens is 3. The van der Waals surface area contributed by atoms with Gasteiger partial charge in [0, 0.05) is 11.9 Å². The van der Waals surface area contributed by atoms with Crippen LogP contribution < -0.4 is 11.2 Å². The Hall–Kier alpha value is -2.21. The van der Waals surface area contributed by atoms with Crippen LogP contribution in [0.1, 0.15) is 29.4 Å². The van der Waals surface area contributed by atoms with E-state index in [4.69, 9.17) is 0 Å². The van der Waals surface area contributed by atoms with Gasteiger partial charge in [-0.25, -0.2) is 9.78 Å². The Morgan fingerprint density at radius 3 is 2.39 bits per heavy atom. The molecule has 0 fully saturated rings. The molecule has 0 saturated heterocycles. The van der Waals surface area contributed by atoms with Crippen LogP contribution in [0.25, 0.3) is 10.9 Å². The maximum atomic E-state index is 12.4. The van der Waals surface area contributed by atoms with Crippen LogP contribution in [0.2, 0.25) is 0 Å². The van der Waals surface area contributed by atoms with Gasteiger partial charge in [0.2, 0.25) is 0 Å². The Kier molecular flexibility index (Phi) is 5.15. The van der Waals surface area contributed by atoms with Crippen molar-refractivity contribution in [3.8, 4) is 0 Å². The molecule has 122 valence electrons. The Labute approximate surface area is 138 Å². The highest BCUT2D eigenvalue weighted by molar-refractivity contribution is 7.11. The summed E-state index contributed by atoms with van der Waals surface area (Å²) >= 11 is 1.58. The van der Waals surface area contributed by atoms with Crippen LogP contribution in [0.4, 0.5) is 0 Å². The number of para-hydroxylation sites is 1. The van der Waals surface area contributed by atoms with Crippen molar-refractivity contribution in [2.75, 3.05) is 0 Å². The molecular weight excluding hydrogens is 310 g/mol. The van der Waals surface area contributed by atoms with E-state index in [1.807, 2.05) is 33.8 Å². The van der Waals surface area contributed by atoms with Gasteiger partial charge < -0.3 is 0 Å². The maximum absolute atomic E-state index is 12.4. The molecule has 0 saturated carbocycles. The number of hydrogen-bond acceptors (Lipinski definition) is 4. The Bertz CT molecular complexity index is 951. The predicted octanol–water partition coefficient (Wildman–Crippen LogP) is 2.85. The minimum atomic E-state index is -0.302. The van der Waals surface area contributed by atoms with Crippen molar-refractivity contribution in [2.45, 2.75) is 34.2 Å². The molecule has 3 rings (SSSR count). The van der Waals surface area contributed by atoms with Gasteiger partial charge in [-0.3, -0.25) is 13.9 Å². The van der Waals surface area contributed by atoms with E-state index in [2.05, 4.69) is 4.98 Å². The summed E-state index contributed by atoms with van der Waals surface area (Å²) < 4.78 is 2.79. The van der Waals surface area contributed by atoms with Gasteiger partial charge in [-0.15, -0.1) is 11.3 Å². The lowest BCUT2D eigenvalue weighted by molar-refractivity contribution is 0.676. The Morgan fingerprint density at radius 2 is 1.78 bits per heavy atom. The number of rotatable bonds is 2. The quantitative estimate of drug-likeness (QED) is 0.725. The fourth-order valence-electron chi connectivity index (χ4n) is 2.46.